The fraction of sp³-hybridized carbons (Fsp3) is 0.0952. The molecule has 0 bridgehead atoms. The highest BCUT2D eigenvalue weighted by Crippen LogP contribution is 2.26. The van der Waals surface area contributed by atoms with Gasteiger partial charge >= 0.3 is 0 Å². The van der Waals surface area contributed by atoms with Crippen LogP contribution in [0.5, 0.6) is 0 Å². The third-order valence-corrected chi connectivity index (χ3v) is 4.33. The largest absolute Gasteiger partial charge is 0.339 e. The molecule has 4 rings (SSSR count). The molecule has 0 radical (unpaired) electrons. The quantitative estimate of drug-likeness (QED) is 0.488. The lowest BCUT2D eigenvalue weighted by atomic mass is 10.1. The summed E-state index contributed by atoms with van der Waals surface area (Å²) in [6.45, 7) is 3.48. The number of hydrogen-bond donors (Lipinski definition) is 3. The van der Waals surface area contributed by atoms with Gasteiger partial charge in [-0.15, -0.1) is 0 Å². The normalized spacial score (nSPS) is 10.6. The van der Waals surface area contributed by atoms with Gasteiger partial charge in [0.2, 0.25) is 5.91 Å². The molecule has 0 atom stereocenters. The smallest absolute Gasteiger partial charge is 0.221 e. The zero-order chi connectivity index (χ0) is 19.5. The van der Waals surface area contributed by atoms with Gasteiger partial charge in [-0.25, -0.2) is 4.68 Å². The number of aromatic amines is 1. The fourth-order valence-corrected chi connectivity index (χ4v) is 2.97. The standard InChI is InChI=1S/C21H20N6O/c1-14-12-17(23-15(2)28)6-9-19(14)24-21-13-20(25-26-21)16-4-7-18(8-5-16)27-11-3-10-22-27/h3-13H,1-2H3,(H,23,28)(H2,24,25,26). The summed E-state index contributed by atoms with van der Waals surface area (Å²) in [6.07, 6.45) is 3.66. The van der Waals surface area contributed by atoms with Crippen molar-refractivity contribution in [3.8, 4) is 16.9 Å². The van der Waals surface area contributed by atoms with Crippen molar-refractivity contribution in [1.29, 1.82) is 0 Å². The van der Waals surface area contributed by atoms with Crippen molar-refractivity contribution in [1.82, 2.24) is 20.0 Å². The number of carbonyl (C=O) groups excluding carboxylic acids is 1. The molecule has 140 valence electrons. The van der Waals surface area contributed by atoms with Crippen LogP contribution in [-0.2, 0) is 4.79 Å². The SMILES string of the molecule is CC(=O)Nc1ccc(Nc2cc(-c3ccc(-n4cccn4)cc3)[nH]n2)c(C)c1. The first-order valence-corrected chi connectivity index (χ1v) is 8.89. The number of rotatable bonds is 5. The highest BCUT2D eigenvalue weighted by atomic mass is 16.1. The first kappa shape index (κ1) is 17.5. The lowest BCUT2D eigenvalue weighted by molar-refractivity contribution is -0.114. The summed E-state index contributed by atoms with van der Waals surface area (Å²) in [4.78, 5) is 11.2. The molecule has 0 spiro atoms. The minimum atomic E-state index is -0.0874. The van der Waals surface area contributed by atoms with Gasteiger partial charge in [0.25, 0.3) is 0 Å². The van der Waals surface area contributed by atoms with Crippen molar-refractivity contribution in [2.24, 2.45) is 0 Å². The molecular weight excluding hydrogens is 352 g/mol. The molecule has 28 heavy (non-hydrogen) atoms. The molecule has 7 nitrogen and oxygen atoms in total. The second-order valence-electron chi connectivity index (χ2n) is 6.50. The first-order chi connectivity index (χ1) is 13.6. The summed E-state index contributed by atoms with van der Waals surface area (Å²) in [5.41, 5.74) is 5.67. The van der Waals surface area contributed by atoms with Gasteiger partial charge in [-0.1, -0.05) is 12.1 Å². The predicted molar refractivity (Wildman–Crippen MR) is 110 cm³/mol. The zero-order valence-electron chi connectivity index (χ0n) is 15.6. The molecule has 0 aliphatic carbocycles. The molecule has 1 amide bonds. The topological polar surface area (TPSA) is 87.6 Å². The lowest BCUT2D eigenvalue weighted by Crippen LogP contribution is -2.06. The van der Waals surface area contributed by atoms with Gasteiger partial charge < -0.3 is 10.6 Å². The maximum Gasteiger partial charge on any atom is 0.221 e. The van der Waals surface area contributed by atoms with Crippen LogP contribution in [-0.4, -0.2) is 25.9 Å². The Hall–Kier alpha value is -3.87. The molecule has 0 saturated carbocycles. The van der Waals surface area contributed by atoms with E-state index in [0.717, 1.165) is 39.7 Å². The minimum absolute atomic E-state index is 0.0874. The van der Waals surface area contributed by atoms with Gasteiger partial charge in [-0.2, -0.15) is 10.2 Å². The van der Waals surface area contributed by atoms with Crippen molar-refractivity contribution in [2.45, 2.75) is 13.8 Å². The van der Waals surface area contributed by atoms with Gasteiger partial charge in [0.05, 0.1) is 11.4 Å². The molecule has 2 heterocycles. The lowest BCUT2D eigenvalue weighted by Gasteiger charge is -2.09. The number of hydrogen-bond acceptors (Lipinski definition) is 4. The molecular formula is C21H20N6O. The van der Waals surface area contributed by atoms with E-state index in [1.807, 2.05) is 72.4 Å². The Morgan fingerprint density at radius 2 is 1.93 bits per heavy atom. The van der Waals surface area contributed by atoms with Crippen molar-refractivity contribution in [3.05, 3.63) is 72.6 Å². The summed E-state index contributed by atoms with van der Waals surface area (Å²) in [5, 5.41) is 17.7. The molecule has 2 aromatic heterocycles. The number of aromatic nitrogens is 4. The molecule has 0 aliphatic rings. The molecule has 4 aromatic rings. The molecule has 7 heteroatoms. The minimum Gasteiger partial charge on any atom is -0.339 e. The zero-order valence-corrected chi connectivity index (χ0v) is 15.6. The van der Waals surface area contributed by atoms with Crippen LogP contribution in [0.3, 0.4) is 0 Å². The van der Waals surface area contributed by atoms with E-state index in [9.17, 15) is 4.79 Å². The van der Waals surface area contributed by atoms with E-state index in [0.29, 0.717) is 0 Å². The van der Waals surface area contributed by atoms with Crippen LogP contribution in [0.1, 0.15) is 12.5 Å². The summed E-state index contributed by atoms with van der Waals surface area (Å²) in [6, 6.07) is 17.7. The number of amides is 1. The van der Waals surface area contributed by atoms with Gasteiger partial charge in [0.15, 0.2) is 5.82 Å². The van der Waals surface area contributed by atoms with E-state index in [2.05, 4.69) is 25.9 Å². The van der Waals surface area contributed by atoms with Gasteiger partial charge in [0.1, 0.15) is 0 Å². The third kappa shape index (κ3) is 3.78. The highest BCUT2D eigenvalue weighted by Gasteiger charge is 2.07. The maximum absolute atomic E-state index is 11.2. The Bertz CT molecular complexity index is 1100. The fourth-order valence-electron chi connectivity index (χ4n) is 2.97. The van der Waals surface area contributed by atoms with Crippen LogP contribution in [0.25, 0.3) is 16.9 Å². The number of aryl methyl sites for hydroxylation is 1. The molecule has 0 aliphatic heterocycles. The molecule has 3 N–H and O–H groups in total. The number of carbonyl (C=O) groups is 1. The number of nitrogens with zero attached hydrogens (tertiary/aromatic N) is 3. The van der Waals surface area contributed by atoms with E-state index in [4.69, 9.17) is 0 Å². The maximum atomic E-state index is 11.2. The second-order valence-corrected chi connectivity index (χ2v) is 6.50. The molecule has 0 fully saturated rings. The first-order valence-electron chi connectivity index (χ1n) is 8.89. The van der Waals surface area contributed by atoms with Gasteiger partial charge in [-0.05, 0) is 54.4 Å². The van der Waals surface area contributed by atoms with E-state index in [1.54, 1.807) is 6.20 Å². The van der Waals surface area contributed by atoms with Crippen LogP contribution >= 0.6 is 0 Å². The summed E-state index contributed by atoms with van der Waals surface area (Å²) < 4.78 is 1.82. The Labute approximate surface area is 162 Å². The van der Waals surface area contributed by atoms with Crippen LogP contribution in [0, 0.1) is 6.92 Å². The summed E-state index contributed by atoms with van der Waals surface area (Å²) in [5.74, 6) is 0.636. The van der Waals surface area contributed by atoms with E-state index >= 15 is 0 Å². The number of H-pyrrole nitrogens is 1. The van der Waals surface area contributed by atoms with Crippen LogP contribution in [0.15, 0.2) is 67.0 Å². The van der Waals surface area contributed by atoms with Crippen molar-refractivity contribution >= 4 is 23.1 Å². The van der Waals surface area contributed by atoms with E-state index < -0.39 is 0 Å². The van der Waals surface area contributed by atoms with Gasteiger partial charge in [0, 0.05) is 36.8 Å². The van der Waals surface area contributed by atoms with Crippen molar-refractivity contribution < 1.29 is 4.79 Å². The Kier molecular flexibility index (Phi) is 4.63. The number of anilines is 3. The van der Waals surface area contributed by atoms with Crippen LogP contribution < -0.4 is 10.6 Å². The second kappa shape index (κ2) is 7.40. The monoisotopic (exact) mass is 372 g/mol. The van der Waals surface area contributed by atoms with Crippen molar-refractivity contribution in [3.63, 3.8) is 0 Å². The van der Waals surface area contributed by atoms with Crippen molar-refractivity contribution in [2.75, 3.05) is 10.6 Å². The Morgan fingerprint density at radius 3 is 2.61 bits per heavy atom. The summed E-state index contributed by atoms with van der Waals surface area (Å²) >= 11 is 0. The predicted octanol–water partition coefficient (Wildman–Crippen LogP) is 4.27. The number of nitrogens with one attached hydrogen (secondary N) is 3. The number of benzene rings is 2. The summed E-state index contributed by atoms with van der Waals surface area (Å²) in [7, 11) is 0. The molecule has 0 saturated heterocycles. The third-order valence-electron chi connectivity index (χ3n) is 4.33. The Balaban J connectivity index is 1.49. The highest BCUT2D eigenvalue weighted by molar-refractivity contribution is 5.89. The van der Waals surface area contributed by atoms with Gasteiger partial charge in [-0.3, -0.25) is 9.89 Å². The van der Waals surface area contributed by atoms with E-state index in [-0.39, 0.29) is 5.91 Å². The molecule has 2 aromatic carbocycles. The van der Waals surface area contributed by atoms with E-state index in [1.165, 1.54) is 6.92 Å². The average Bonchev–Trinajstić information content (AvgIpc) is 3.36. The van der Waals surface area contributed by atoms with Crippen LogP contribution in [0.4, 0.5) is 17.2 Å². The average molecular weight is 372 g/mol. The van der Waals surface area contributed by atoms with Crippen LogP contribution in [0.2, 0.25) is 0 Å². The molecule has 0 unspecified atom stereocenters. The Morgan fingerprint density at radius 1 is 1.11 bits per heavy atom.